The molecule has 3 aliphatic heterocycles. The molecule has 0 unspecified atom stereocenters. The van der Waals surface area contributed by atoms with Crippen LogP contribution in [0.15, 0.2) is 40.9 Å². The highest BCUT2D eigenvalue weighted by molar-refractivity contribution is 9.10. The van der Waals surface area contributed by atoms with E-state index >= 15 is 0 Å². The van der Waals surface area contributed by atoms with E-state index in [1.807, 2.05) is 48.2 Å². The van der Waals surface area contributed by atoms with Gasteiger partial charge in [0, 0.05) is 4.47 Å². The van der Waals surface area contributed by atoms with Crippen molar-refractivity contribution in [3.8, 4) is 0 Å². The van der Waals surface area contributed by atoms with Crippen LogP contribution in [-0.4, -0.2) is 42.1 Å². The fraction of sp³-hybridized carbons (Fsp3) is 0.444. The molecule has 1 amide bonds. The molecule has 4 rings (SSSR count). The van der Waals surface area contributed by atoms with E-state index in [-0.39, 0.29) is 24.0 Å². The van der Waals surface area contributed by atoms with Crippen LogP contribution in [0.2, 0.25) is 0 Å². The van der Waals surface area contributed by atoms with Crippen molar-refractivity contribution in [2.45, 2.75) is 24.7 Å². The number of nitrogens with zero attached hydrogens (tertiary/aromatic N) is 1. The number of hydrogen-bond donors (Lipinski definition) is 0. The Balaban J connectivity index is 1.65. The van der Waals surface area contributed by atoms with Gasteiger partial charge in [0.25, 0.3) is 0 Å². The molecule has 2 saturated heterocycles. The summed E-state index contributed by atoms with van der Waals surface area (Å²) in [6.07, 6.45) is 3.49. The van der Waals surface area contributed by atoms with Crippen LogP contribution in [0.25, 0.3) is 0 Å². The molecule has 0 saturated carbocycles. The van der Waals surface area contributed by atoms with Gasteiger partial charge in [0.15, 0.2) is 0 Å². The molecule has 1 aromatic rings. The fourth-order valence-electron chi connectivity index (χ4n) is 4.18. The lowest BCUT2D eigenvalue weighted by molar-refractivity contribution is -0.151. The first-order valence-corrected chi connectivity index (χ1v) is 8.77. The number of hydrogen-bond acceptors (Lipinski definition) is 4. The molecule has 3 aliphatic rings. The second-order valence-electron chi connectivity index (χ2n) is 6.62. The Hall–Kier alpha value is -1.66. The molecule has 3 heterocycles. The molecule has 0 aliphatic carbocycles. The SMILES string of the molecule is COC(=O)[C@H]1[C@@H]2C=C[C@@]3(CN([C@H](C)c4ccc(Br)cc4)C(=O)[C@@H]13)O2. The number of likely N-dealkylation sites (tertiary alicyclic amines) is 1. The first-order chi connectivity index (χ1) is 11.5. The molecule has 0 radical (unpaired) electrons. The predicted octanol–water partition coefficient (Wildman–Crippen LogP) is 2.47. The minimum Gasteiger partial charge on any atom is -0.469 e. The summed E-state index contributed by atoms with van der Waals surface area (Å²) < 4.78 is 11.9. The second-order valence-corrected chi connectivity index (χ2v) is 7.53. The third kappa shape index (κ3) is 2.09. The highest BCUT2D eigenvalue weighted by Gasteiger charge is 2.67. The predicted molar refractivity (Wildman–Crippen MR) is 90.0 cm³/mol. The summed E-state index contributed by atoms with van der Waals surface area (Å²) in [7, 11) is 1.35. The first kappa shape index (κ1) is 15.8. The normalized spacial score (nSPS) is 34.5. The second kappa shape index (κ2) is 5.43. The number of benzene rings is 1. The van der Waals surface area contributed by atoms with Crippen LogP contribution in [-0.2, 0) is 19.1 Å². The smallest absolute Gasteiger partial charge is 0.312 e. The summed E-state index contributed by atoms with van der Waals surface area (Å²) in [5.41, 5.74) is 0.362. The highest BCUT2D eigenvalue weighted by Crippen LogP contribution is 2.53. The Morgan fingerprint density at radius 2 is 2.12 bits per heavy atom. The van der Waals surface area contributed by atoms with Crippen molar-refractivity contribution in [2.75, 3.05) is 13.7 Å². The molecule has 24 heavy (non-hydrogen) atoms. The van der Waals surface area contributed by atoms with Crippen molar-refractivity contribution in [3.63, 3.8) is 0 Å². The Labute approximate surface area is 148 Å². The summed E-state index contributed by atoms with van der Waals surface area (Å²) in [6, 6.07) is 7.84. The van der Waals surface area contributed by atoms with Gasteiger partial charge in [-0.05, 0) is 24.6 Å². The molecular formula is C18H18BrNO4. The number of rotatable bonds is 3. The lowest BCUT2D eigenvalue weighted by Crippen LogP contribution is -2.39. The third-order valence-corrected chi connectivity index (χ3v) is 5.95. The Bertz CT molecular complexity index is 731. The summed E-state index contributed by atoms with van der Waals surface area (Å²) in [5.74, 6) is -1.44. The molecule has 1 spiro atoms. The van der Waals surface area contributed by atoms with Gasteiger partial charge in [0.1, 0.15) is 11.5 Å². The Morgan fingerprint density at radius 1 is 1.42 bits per heavy atom. The zero-order valence-corrected chi connectivity index (χ0v) is 15.0. The zero-order chi connectivity index (χ0) is 17.1. The molecule has 2 bridgehead atoms. The van der Waals surface area contributed by atoms with Crippen LogP contribution in [0, 0.1) is 11.8 Å². The minimum absolute atomic E-state index is 0.0346. The van der Waals surface area contributed by atoms with E-state index in [4.69, 9.17) is 9.47 Å². The molecule has 126 valence electrons. The van der Waals surface area contributed by atoms with Crippen LogP contribution in [0.5, 0.6) is 0 Å². The van der Waals surface area contributed by atoms with E-state index in [0.717, 1.165) is 10.0 Å². The minimum atomic E-state index is -0.690. The molecule has 1 aromatic carbocycles. The lowest BCUT2D eigenvalue weighted by atomic mass is 9.77. The average molecular weight is 392 g/mol. The summed E-state index contributed by atoms with van der Waals surface area (Å²) in [5, 5.41) is 0. The van der Waals surface area contributed by atoms with Crippen LogP contribution < -0.4 is 0 Å². The summed E-state index contributed by atoms with van der Waals surface area (Å²) >= 11 is 3.43. The molecule has 2 fully saturated rings. The van der Waals surface area contributed by atoms with Crippen molar-refractivity contribution in [1.82, 2.24) is 4.90 Å². The van der Waals surface area contributed by atoms with Crippen molar-refractivity contribution >= 4 is 27.8 Å². The van der Waals surface area contributed by atoms with Gasteiger partial charge in [-0.15, -0.1) is 0 Å². The van der Waals surface area contributed by atoms with Gasteiger partial charge in [-0.3, -0.25) is 9.59 Å². The molecule has 0 aromatic heterocycles. The van der Waals surface area contributed by atoms with E-state index in [2.05, 4.69) is 15.9 Å². The largest absolute Gasteiger partial charge is 0.469 e. The van der Waals surface area contributed by atoms with Crippen LogP contribution >= 0.6 is 15.9 Å². The number of methoxy groups -OCH3 is 1. The lowest BCUT2D eigenvalue weighted by Gasteiger charge is -2.27. The molecular weight excluding hydrogens is 374 g/mol. The van der Waals surface area contributed by atoms with Gasteiger partial charge in [-0.2, -0.15) is 0 Å². The summed E-state index contributed by atoms with van der Waals surface area (Å²) in [4.78, 5) is 27.1. The van der Waals surface area contributed by atoms with E-state index in [1.54, 1.807) is 0 Å². The van der Waals surface area contributed by atoms with Crippen LogP contribution in [0.4, 0.5) is 0 Å². The number of amides is 1. The van der Waals surface area contributed by atoms with Gasteiger partial charge >= 0.3 is 5.97 Å². The van der Waals surface area contributed by atoms with Gasteiger partial charge < -0.3 is 14.4 Å². The highest BCUT2D eigenvalue weighted by atomic mass is 79.9. The number of halogens is 1. The zero-order valence-electron chi connectivity index (χ0n) is 13.4. The Kier molecular flexibility index (Phi) is 3.58. The van der Waals surface area contributed by atoms with Crippen molar-refractivity contribution in [3.05, 3.63) is 46.5 Å². The van der Waals surface area contributed by atoms with E-state index in [1.165, 1.54) is 7.11 Å². The van der Waals surface area contributed by atoms with Crippen molar-refractivity contribution in [1.29, 1.82) is 0 Å². The standard InChI is InChI=1S/C18H18BrNO4/c1-10(11-3-5-12(19)6-4-11)20-9-18-8-7-13(24-18)14(17(22)23-2)15(18)16(20)21/h3-8,10,13-15H,9H2,1-2H3/t10-,13+,14+,15-,18+/m1/s1. The van der Waals surface area contributed by atoms with Crippen LogP contribution in [0.1, 0.15) is 18.5 Å². The number of ether oxygens (including phenoxy) is 2. The number of esters is 1. The maximum absolute atomic E-state index is 13.1. The molecule has 5 nitrogen and oxygen atoms in total. The van der Waals surface area contributed by atoms with Gasteiger partial charge in [0.05, 0.1) is 31.7 Å². The van der Waals surface area contributed by atoms with Crippen molar-refractivity contribution in [2.24, 2.45) is 11.8 Å². The monoisotopic (exact) mass is 391 g/mol. The quantitative estimate of drug-likeness (QED) is 0.586. The van der Waals surface area contributed by atoms with E-state index < -0.39 is 17.4 Å². The van der Waals surface area contributed by atoms with Crippen molar-refractivity contribution < 1.29 is 19.1 Å². The van der Waals surface area contributed by atoms with Gasteiger partial charge in [-0.1, -0.05) is 40.2 Å². The molecule has 5 atom stereocenters. The fourth-order valence-corrected chi connectivity index (χ4v) is 4.45. The maximum Gasteiger partial charge on any atom is 0.312 e. The number of carbonyl (C=O) groups is 2. The van der Waals surface area contributed by atoms with E-state index in [0.29, 0.717) is 6.54 Å². The maximum atomic E-state index is 13.1. The van der Waals surface area contributed by atoms with E-state index in [9.17, 15) is 9.59 Å². The topological polar surface area (TPSA) is 55.8 Å². The van der Waals surface area contributed by atoms with Gasteiger partial charge in [-0.25, -0.2) is 0 Å². The third-order valence-electron chi connectivity index (χ3n) is 5.42. The molecule has 6 heteroatoms. The average Bonchev–Trinajstić information content (AvgIpc) is 3.22. The van der Waals surface area contributed by atoms with Gasteiger partial charge in [0.2, 0.25) is 5.91 Å². The summed E-state index contributed by atoms with van der Waals surface area (Å²) in [6.45, 7) is 2.47. The Morgan fingerprint density at radius 3 is 2.79 bits per heavy atom. The molecule has 0 N–H and O–H groups in total. The number of carbonyl (C=O) groups excluding carboxylic acids is 2. The first-order valence-electron chi connectivity index (χ1n) is 7.98. The van der Waals surface area contributed by atoms with Crippen LogP contribution in [0.3, 0.4) is 0 Å². The number of fused-ring (bicyclic) bond motifs is 1.